The molecule has 0 radical (unpaired) electrons. The number of ether oxygens (including phenoxy) is 2. The van der Waals surface area contributed by atoms with Gasteiger partial charge in [-0.25, -0.2) is 0 Å². The van der Waals surface area contributed by atoms with Crippen LogP contribution in [-0.2, 0) is 4.79 Å². The molecule has 0 bridgehead atoms. The quantitative estimate of drug-likeness (QED) is 0.764. The molecule has 0 aliphatic heterocycles. The van der Waals surface area contributed by atoms with Gasteiger partial charge in [0.15, 0.2) is 6.10 Å². The van der Waals surface area contributed by atoms with Crippen molar-refractivity contribution in [2.45, 2.75) is 13.0 Å². The molecule has 0 heterocycles. The third kappa shape index (κ3) is 3.66. The van der Waals surface area contributed by atoms with Crippen LogP contribution in [-0.4, -0.2) is 19.1 Å². The number of methoxy groups -OCH3 is 1. The molecule has 0 aliphatic carbocycles. The predicted octanol–water partition coefficient (Wildman–Crippen LogP) is 4.25. The summed E-state index contributed by atoms with van der Waals surface area (Å²) in [6.45, 7) is 1.73. The number of nitrogens with one attached hydrogen (secondary N) is 1. The van der Waals surface area contributed by atoms with Crippen molar-refractivity contribution >= 4 is 22.4 Å². The Morgan fingerprint density at radius 1 is 0.917 bits per heavy atom. The van der Waals surface area contributed by atoms with Crippen molar-refractivity contribution in [3.63, 3.8) is 0 Å². The Morgan fingerprint density at radius 3 is 2.29 bits per heavy atom. The van der Waals surface area contributed by atoms with Crippen molar-refractivity contribution < 1.29 is 14.3 Å². The first kappa shape index (κ1) is 15.9. The third-order valence-corrected chi connectivity index (χ3v) is 3.74. The first-order chi connectivity index (χ1) is 11.7. The summed E-state index contributed by atoms with van der Waals surface area (Å²) < 4.78 is 11.0. The van der Waals surface area contributed by atoms with Crippen LogP contribution in [0.15, 0.2) is 66.7 Å². The van der Waals surface area contributed by atoms with Crippen LogP contribution >= 0.6 is 0 Å². The van der Waals surface area contributed by atoms with Gasteiger partial charge in [0, 0.05) is 5.69 Å². The number of carbonyl (C=O) groups excluding carboxylic acids is 1. The van der Waals surface area contributed by atoms with E-state index in [1.807, 2.05) is 66.7 Å². The maximum absolute atomic E-state index is 12.2. The summed E-state index contributed by atoms with van der Waals surface area (Å²) in [5.74, 6) is 1.24. The van der Waals surface area contributed by atoms with Gasteiger partial charge >= 0.3 is 0 Å². The average Bonchev–Trinajstić information content (AvgIpc) is 2.61. The molecular formula is C20H19NO3. The van der Waals surface area contributed by atoms with E-state index >= 15 is 0 Å². The SMILES string of the molecule is COc1ccc2ccc(O[C@@H](C)C(=O)Nc3ccccc3)cc2c1. The lowest BCUT2D eigenvalue weighted by atomic mass is 10.1. The molecule has 4 nitrogen and oxygen atoms in total. The number of benzene rings is 3. The van der Waals surface area contributed by atoms with Crippen LogP contribution in [0.25, 0.3) is 10.8 Å². The Morgan fingerprint density at radius 2 is 1.58 bits per heavy atom. The van der Waals surface area contributed by atoms with Gasteiger partial charge < -0.3 is 14.8 Å². The van der Waals surface area contributed by atoms with Crippen molar-refractivity contribution in [3.8, 4) is 11.5 Å². The van der Waals surface area contributed by atoms with E-state index in [4.69, 9.17) is 9.47 Å². The van der Waals surface area contributed by atoms with Gasteiger partial charge in [-0.15, -0.1) is 0 Å². The molecule has 24 heavy (non-hydrogen) atoms. The fraction of sp³-hybridized carbons (Fsp3) is 0.150. The molecule has 0 spiro atoms. The monoisotopic (exact) mass is 321 g/mol. The summed E-state index contributed by atoms with van der Waals surface area (Å²) in [4.78, 5) is 12.2. The number of fused-ring (bicyclic) bond motifs is 1. The Labute approximate surface area is 141 Å². The highest BCUT2D eigenvalue weighted by molar-refractivity contribution is 5.94. The van der Waals surface area contributed by atoms with Crippen LogP contribution in [0.2, 0.25) is 0 Å². The van der Waals surface area contributed by atoms with Crippen molar-refractivity contribution in [2.24, 2.45) is 0 Å². The second-order valence-electron chi connectivity index (χ2n) is 5.49. The molecule has 3 aromatic rings. The summed E-state index contributed by atoms with van der Waals surface area (Å²) in [7, 11) is 1.64. The minimum atomic E-state index is -0.603. The van der Waals surface area contributed by atoms with Gasteiger partial charge in [0.1, 0.15) is 11.5 Å². The van der Waals surface area contributed by atoms with E-state index in [1.54, 1.807) is 14.0 Å². The summed E-state index contributed by atoms with van der Waals surface area (Å²) in [5, 5.41) is 4.92. The standard InChI is InChI=1S/C20H19NO3/c1-14(20(22)21-17-6-4-3-5-7-17)24-19-11-9-15-8-10-18(23-2)12-16(15)13-19/h3-14H,1-2H3,(H,21,22)/t14-/m0/s1. The summed E-state index contributed by atoms with van der Waals surface area (Å²) in [6.07, 6.45) is -0.603. The van der Waals surface area contributed by atoms with Gasteiger partial charge in [-0.2, -0.15) is 0 Å². The highest BCUT2D eigenvalue weighted by Crippen LogP contribution is 2.25. The van der Waals surface area contributed by atoms with Gasteiger partial charge in [0.2, 0.25) is 0 Å². The van der Waals surface area contributed by atoms with Gasteiger partial charge in [0.05, 0.1) is 7.11 Å². The molecule has 3 rings (SSSR count). The van der Waals surface area contributed by atoms with Crippen LogP contribution in [0.5, 0.6) is 11.5 Å². The number of hydrogen-bond acceptors (Lipinski definition) is 3. The lowest BCUT2D eigenvalue weighted by Crippen LogP contribution is -2.30. The molecule has 1 amide bonds. The number of hydrogen-bond donors (Lipinski definition) is 1. The van der Waals surface area contributed by atoms with E-state index < -0.39 is 6.10 Å². The van der Waals surface area contributed by atoms with Crippen molar-refractivity contribution in [3.05, 3.63) is 66.7 Å². The van der Waals surface area contributed by atoms with E-state index in [1.165, 1.54) is 0 Å². The smallest absolute Gasteiger partial charge is 0.265 e. The molecule has 0 aromatic heterocycles. The minimum absolute atomic E-state index is 0.188. The van der Waals surface area contributed by atoms with Crippen molar-refractivity contribution in [2.75, 3.05) is 12.4 Å². The topological polar surface area (TPSA) is 47.6 Å². The van der Waals surface area contributed by atoms with E-state index in [0.29, 0.717) is 5.75 Å². The lowest BCUT2D eigenvalue weighted by molar-refractivity contribution is -0.122. The fourth-order valence-electron chi connectivity index (χ4n) is 2.43. The third-order valence-electron chi connectivity index (χ3n) is 3.74. The van der Waals surface area contributed by atoms with Crippen molar-refractivity contribution in [1.82, 2.24) is 0 Å². The summed E-state index contributed by atoms with van der Waals surface area (Å²) in [6, 6.07) is 20.9. The first-order valence-electron chi connectivity index (χ1n) is 7.76. The molecule has 0 saturated heterocycles. The number of rotatable bonds is 5. The largest absolute Gasteiger partial charge is 0.497 e. The van der Waals surface area contributed by atoms with E-state index in [0.717, 1.165) is 22.2 Å². The minimum Gasteiger partial charge on any atom is -0.497 e. The highest BCUT2D eigenvalue weighted by atomic mass is 16.5. The van der Waals surface area contributed by atoms with E-state index in [9.17, 15) is 4.79 Å². The van der Waals surface area contributed by atoms with Crippen LogP contribution in [0, 0.1) is 0 Å². The lowest BCUT2D eigenvalue weighted by Gasteiger charge is -2.15. The van der Waals surface area contributed by atoms with E-state index in [-0.39, 0.29) is 5.91 Å². The second kappa shape index (κ2) is 7.04. The zero-order valence-corrected chi connectivity index (χ0v) is 13.7. The fourth-order valence-corrected chi connectivity index (χ4v) is 2.43. The molecule has 0 aliphatic rings. The number of anilines is 1. The normalized spacial score (nSPS) is 11.8. The van der Waals surface area contributed by atoms with Crippen molar-refractivity contribution in [1.29, 1.82) is 0 Å². The van der Waals surface area contributed by atoms with E-state index in [2.05, 4.69) is 5.32 Å². The summed E-state index contributed by atoms with van der Waals surface area (Å²) >= 11 is 0. The molecular weight excluding hydrogens is 302 g/mol. The van der Waals surface area contributed by atoms with Crippen LogP contribution in [0.1, 0.15) is 6.92 Å². The zero-order chi connectivity index (χ0) is 16.9. The Balaban J connectivity index is 1.72. The Hall–Kier alpha value is -3.01. The van der Waals surface area contributed by atoms with Crippen LogP contribution in [0.3, 0.4) is 0 Å². The highest BCUT2D eigenvalue weighted by Gasteiger charge is 2.15. The van der Waals surface area contributed by atoms with Gasteiger partial charge in [0.25, 0.3) is 5.91 Å². The molecule has 122 valence electrons. The number of para-hydroxylation sites is 1. The molecule has 3 aromatic carbocycles. The predicted molar refractivity (Wildman–Crippen MR) is 95.7 cm³/mol. The molecule has 0 saturated carbocycles. The second-order valence-corrected chi connectivity index (χ2v) is 5.49. The average molecular weight is 321 g/mol. The molecule has 4 heteroatoms. The maximum atomic E-state index is 12.2. The van der Waals surface area contributed by atoms with Gasteiger partial charge in [-0.3, -0.25) is 4.79 Å². The Bertz CT molecular complexity index is 846. The molecule has 1 N–H and O–H groups in total. The first-order valence-corrected chi connectivity index (χ1v) is 7.76. The van der Waals surface area contributed by atoms with Gasteiger partial charge in [-0.05, 0) is 54.1 Å². The van der Waals surface area contributed by atoms with Crippen LogP contribution in [0.4, 0.5) is 5.69 Å². The van der Waals surface area contributed by atoms with Gasteiger partial charge in [-0.1, -0.05) is 30.3 Å². The Kier molecular flexibility index (Phi) is 4.66. The maximum Gasteiger partial charge on any atom is 0.265 e. The molecule has 1 atom stereocenters. The summed E-state index contributed by atoms with van der Waals surface area (Å²) in [5.41, 5.74) is 0.751. The van der Waals surface area contributed by atoms with Crippen LogP contribution < -0.4 is 14.8 Å². The molecule has 0 unspecified atom stereocenters. The number of amides is 1. The zero-order valence-electron chi connectivity index (χ0n) is 13.7. The number of carbonyl (C=O) groups is 1. The molecule has 0 fully saturated rings.